The minimum Gasteiger partial charge on any atom is -0.465 e. The summed E-state index contributed by atoms with van der Waals surface area (Å²) in [5, 5.41) is 8.99. The second-order valence-corrected chi connectivity index (χ2v) is 2.72. The van der Waals surface area contributed by atoms with Crippen LogP contribution in [0.5, 0.6) is 0 Å². The predicted molar refractivity (Wildman–Crippen MR) is 45.4 cm³/mol. The molecule has 0 aliphatic rings. The second kappa shape index (κ2) is 3.62. The topological polar surface area (TPSA) is 59.7 Å². The van der Waals surface area contributed by atoms with Gasteiger partial charge in [-0.3, -0.25) is 0 Å². The van der Waals surface area contributed by atoms with E-state index in [1.165, 1.54) is 7.11 Å². The van der Waals surface area contributed by atoms with Gasteiger partial charge in [-0.15, -0.1) is 0 Å². The van der Waals surface area contributed by atoms with E-state index in [2.05, 4.69) is 4.74 Å². The van der Waals surface area contributed by atoms with Crippen LogP contribution in [0, 0.1) is 13.8 Å². The number of carbonyl (C=O) groups excluding carboxylic acids is 1. The van der Waals surface area contributed by atoms with E-state index < -0.39 is 5.97 Å². The number of aryl methyl sites for hydroxylation is 2. The van der Waals surface area contributed by atoms with Gasteiger partial charge in [-0.25, -0.2) is 4.79 Å². The molecular formula is C9H12O4. The van der Waals surface area contributed by atoms with E-state index in [0.717, 1.165) is 0 Å². The van der Waals surface area contributed by atoms with Gasteiger partial charge in [0.2, 0.25) is 0 Å². The number of hydrogen-bond donors (Lipinski definition) is 1. The largest absolute Gasteiger partial charge is 0.465 e. The lowest BCUT2D eigenvalue weighted by Crippen LogP contribution is -2.05. The molecule has 0 radical (unpaired) electrons. The molecule has 0 aliphatic heterocycles. The maximum atomic E-state index is 11.2. The first-order valence-electron chi connectivity index (χ1n) is 3.89. The molecule has 4 heteroatoms. The Balaban J connectivity index is 3.24. The monoisotopic (exact) mass is 184 g/mol. The van der Waals surface area contributed by atoms with E-state index in [9.17, 15) is 4.79 Å². The van der Waals surface area contributed by atoms with E-state index in [1.807, 2.05) is 0 Å². The van der Waals surface area contributed by atoms with Crippen LogP contribution in [-0.2, 0) is 11.3 Å². The first-order chi connectivity index (χ1) is 6.11. The third-order valence-corrected chi connectivity index (χ3v) is 1.93. The van der Waals surface area contributed by atoms with Crippen molar-refractivity contribution in [1.82, 2.24) is 0 Å². The molecule has 72 valence electrons. The zero-order valence-electron chi connectivity index (χ0n) is 7.88. The average molecular weight is 184 g/mol. The van der Waals surface area contributed by atoms with Gasteiger partial charge in [0.1, 0.15) is 17.1 Å². The Morgan fingerprint density at radius 2 is 2.08 bits per heavy atom. The highest BCUT2D eigenvalue weighted by atomic mass is 16.5. The molecule has 1 aromatic heterocycles. The first kappa shape index (κ1) is 9.80. The predicted octanol–water partition coefficient (Wildman–Crippen LogP) is 1.18. The van der Waals surface area contributed by atoms with Gasteiger partial charge in [0, 0.05) is 5.56 Å². The van der Waals surface area contributed by atoms with Crippen LogP contribution in [-0.4, -0.2) is 18.2 Å². The lowest BCUT2D eigenvalue weighted by molar-refractivity contribution is 0.0595. The molecule has 4 nitrogen and oxygen atoms in total. The van der Waals surface area contributed by atoms with Crippen molar-refractivity contribution in [3.05, 3.63) is 22.6 Å². The maximum Gasteiger partial charge on any atom is 0.341 e. The third kappa shape index (κ3) is 1.58. The van der Waals surface area contributed by atoms with Gasteiger partial charge in [-0.1, -0.05) is 0 Å². The van der Waals surface area contributed by atoms with Crippen molar-refractivity contribution in [2.75, 3.05) is 7.11 Å². The van der Waals surface area contributed by atoms with E-state index >= 15 is 0 Å². The van der Waals surface area contributed by atoms with Gasteiger partial charge in [-0.2, -0.15) is 0 Å². The smallest absolute Gasteiger partial charge is 0.341 e. The molecular weight excluding hydrogens is 172 g/mol. The summed E-state index contributed by atoms with van der Waals surface area (Å²) in [6.45, 7) is 3.15. The minimum atomic E-state index is -0.474. The van der Waals surface area contributed by atoms with E-state index in [4.69, 9.17) is 9.52 Å². The Hall–Kier alpha value is -1.29. The van der Waals surface area contributed by atoms with Gasteiger partial charge < -0.3 is 14.3 Å². The summed E-state index contributed by atoms with van der Waals surface area (Å²) < 4.78 is 9.76. The number of rotatable bonds is 2. The molecule has 0 unspecified atom stereocenters. The molecule has 0 fully saturated rings. The maximum absolute atomic E-state index is 11.2. The van der Waals surface area contributed by atoms with Crippen molar-refractivity contribution >= 4 is 5.97 Å². The number of ether oxygens (including phenoxy) is 1. The highest BCUT2D eigenvalue weighted by Gasteiger charge is 2.20. The summed E-state index contributed by atoms with van der Waals surface area (Å²) in [7, 11) is 1.30. The molecule has 0 amide bonds. The number of furan rings is 1. The number of hydrogen-bond acceptors (Lipinski definition) is 4. The molecule has 0 aromatic carbocycles. The summed E-state index contributed by atoms with van der Waals surface area (Å²) in [6, 6.07) is 0. The Morgan fingerprint density at radius 3 is 2.54 bits per heavy atom. The van der Waals surface area contributed by atoms with Crippen molar-refractivity contribution in [3.8, 4) is 0 Å². The molecule has 0 saturated carbocycles. The fourth-order valence-electron chi connectivity index (χ4n) is 1.29. The van der Waals surface area contributed by atoms with Gasteiger partial charge in [0.25, 0.3) is 0 Å². The average Bonchev–Trinajstić information content (AvgIpc) is 2.39. The van der Waals surface area contributed by atoms with E-state index in [0.29, 0.717) is 22.6 Å². The number of aliphatic hydroxyl groups is 1. The number of carbonyl (C=O) groups is 1. The normalized spacial score (nSPS) is 10.2. The zero-order chi connectivity index (χ0) is 10.0. The fourth-order valence-corrected chi connectivity index (χ4v) is 1.29. The van der Waals surface area contributed by atoms with Gasteiger partial charge in [-0.05, 0) is 13.8 Å². The molecule has 13 heavy (non-hydrogen) atoms. The molecule has 0 saturated heterocycles. The van der Waals surface area contributed by atoms with Crippen LogP contribution in [0.3, 0.4) is 0 Å². The number of esters is 1. The summed E-state index contributed by atoms with van der Waals surface area (Å²) >= 11 is 0. The van der Waals surface area contributed by atoms with Gasteiger partial charge >= 0.3 is 5.97 Å². The van der Waals surface area contributed by atoms with Crippen molar-refractivity contribution < 1.29 is 19.1 Å². The van der Waals surface area contributed by atoms with Crippen molar-refractivity contribution in [2.24, 2.45) is 0 Å². The van der Waals surface area contributed by atoms with Crippen LogP contribution in [0.1, 0.15) is 27.4 Å². The Bertz CT molecular complexity index is 325. The summed E-state index contributed by atoms with van der Waals surface area (Å²) in [5.74, 6) is 0.562. The molecule has 0 atom stereocenters. The Kier molecular flexibility index (Phi) is 2.72. The third-order valence-electron chi connectivity index (χ3n) is 1.93. The van der Waals surface area contributed by atoms with Crippen LogP contribution in [0.25, 0.3) is 0 Å². The highest BCUT2D eigenvalue weighted by Crippen LogP contribution is 2.22. The summed E-state index contributed by atoms with van der Waals surface area (Å²) in [4.78, 5) is 11.2. The van der Waals surface area contributed by atoms with Crippen LogP contribution in [0.4, 0.5) is 0 Å². The van der Waals surface area contributed by atoms with Crippen LogP contribution in [0.2, 0.25) is 0 Å². The number of aliphatic hydroxyl groups excluding tert-OH is 1. The SMILES string of the molecule is COC(=O)c1c(C)oc(C)c1CO. The van der Waals surface area contributed by atoms with Crippen molar-refractivity contribution in [1.29, 1.82) is 0 Å². The van der Waals surface area contributed by atoms with Crippen LogP contribution in [0.15, 0.2) is 4.42 Å². The molecule has 1 N–H and O–H groups in total. The van der Waals surface area contributed by atoms with E-state index in [1.54, 1.807) is 13.8 Å². The molecule has 1 heterocycles. The standard InChI is InChI=1S/C9H12O4/c1-5-7(4-10)8(6(2)13-5)9(11)12-3/h10H,4H2,1-3H3. The molecule has 1 aromatic rings. The van der Waals surface area contributed by atoms with Gasteiger partial charge in [0.15, 0.2) is 0 Å². The highest BCUT2D eigenvalue weighted by molar-refractivity contribution is 5.92. The first-order valence-corrected chi connectivity index (χ1v) is 3.89. The molecule has 0 spiro atoms. The molecule has 1 rings (SSSR count). The summed E-state index contributed by atoms with van der Waals surface area (Å²) in [6.07, 6.45) is 0. The van der Waals surface area contributed by atoms with Crippen LogP contribution >= 0.6 is 0 Å². The minimum absolute atomic E-state index is 0.215. The lowest BCUT2D eigenvalue weighted by Gasteiger charge is -1.98. The fraction of sp³-hybridized carbons (Fsp3) is 0.444. The van der Waals surface area contributed by atoms with Crippen molar-refractivity contribution in [2.45, 2.75) is 20.5 Å². The zero-order valence-corrected chi connectivity index (χ0v) is 7.88. The Labute approximate surface area is 76.1 Å². The van der Waals surface area contributed by atoms with Crippen molar-refractivity contribution in [3.63, 3.8) is 0 Å². The van der Waals surface area contributed by atoms with Crippen LogP contribution < -0.4 is 0 Å². The molecule has 0 bridgehead atoms. The number of methoxy groups -OCH3 is 1. The second-order valence-electron chi connectivity index (χ2n) is 2.72. The van der Waals surface area contributed by atoms with Gasteiger partial charge in [0.05, 0.1) is 13.7 Å². The molecule has 0 aliphatic carbocycles. The summed E-state index contributed by atoms with van der Waals surface area (Å²) in [5.41, 5.74) is 0.840. The lowest BCUT2D eigenvalue weighted by atomic mass is 10.1. The van der Waals surface area contributed by atoms with E-state index in [-0.39, 0.29) is 6.61 Å². The quantitative estimate of drug-likeness (QED) is 0.701. The Morgan fingerprint density at radius 1 is 1.46 bits per heavy atom.